The first-order valence-corrected chi connectivity index (χ1v) is 8.34. The van der Waals surface area contributed by atoms with Crippen molar-refractivity contribution < 1.29 is 30.1 Å². The first-order chi connectivity index (χ1) is 12.4. The Labute approximate surface area is 161 Å². The van der Waals surface area contributed by atoms with Gasteiger partial charge in [-0.3, -0.25) is 0 Å². The zero-order valence-corrected chi connectivity index (χ0v) is 15.6. The largest absolute Gasteiger partial charge is 1.00 e. The summed E-state index contributed by atoms with van der Waals surface area (Å²) < 4.78 is 42.4. The Bertz CT molecular complexity index is 1150. The highest BCUT2D eigenvalue weighted by Crippen LogP contribution is 2.38. The van der Waals surface area contributed by atoms with Gasteiger partial charge in [0.15, 0.2) is 6.20 Å². The Morgan fingerprint density at radius 2 is 1.52 bits per heavy atom. The number of fused-ring (bicyclic) bond motifs is 3. The third kappa shape index (κ3) is 3.26. The third-order valence-corrected chi connectivity index (χ3v) is 4.78. The van der Waals surface area contributed by atoms with E-state index in [2.05, 4.69) is 0 Å². The molecule has 138 valence electrons. The van der Waals surface area contributed by atoms with Crippen molar-refractivity contribution in [2.45, 2.75) is 13.1 Å². The van der Waals surface area contributed by atoms with Crippen LogP contribution in [0.1, 0.15) is 11.1 Å². The summed E-state index contributed by atoms with van der Waals surface area (Å²) in [5.41, 5.74) is 2.16. The van der Waals surface area contributed by atoms with Gasteiger partial charge in [0.25, 0.3) is 0 Å². The Hall–Kier alpha value is -2.59. The van der Waals surface area contributed by atoms with Crippen LogP contribution in [0, 0.1) is 6.92 Å². The highest BCUT2D eigenvalue weighted by Gasteiger charge is 2.33. The maximum atomic E-state index is 13.5. The number of pyridine rings is 1. The molecular formula is C22H17ClF3N. The van der Waals surface area contributed by atoms with Gasteiger partial charge in [0.05, 0.1) is 10.9 Å². The predicted molar refractivity (Wildman–Crippen MR) is 97.8 cm³/mol. The van der Waals surface area contributed by atoms with Crippen LogP contribution in [0.4, 0.5) is 13.2 Å². The molecular weight excluding hydrogens is 371 g/mol. The van der Waals surface area contributed by atoms with Crippen molar-refractivity contribution in [3.8, 4) is 11.1 Å². The minimum absolute atomic E-state index is 0. The van der Waals surface area contributed by atoms with Gasteiger partial charge < -0.3 is 12.4 Å². The molecule has 0 aliphatic rings. The fourth-order valence-electron chi connectivity index (χ4n) is 3.72. The molecule has 1 nitrogen and oxygen atoms in total. The molecule has 0 saturated heterocycles. The maximum absolute atomic E-state index is 13.5. The quantitative estimate of drug-likeness (QED) is 0.349. The van der Waals surface area contributed by atoms with E-state index in [9.17, 15) is 13.2 Å². The van der Waals surface area contributed by atoms with Crippen molar-refractivity contribution in [3.63, 3.8) is 0 Å². The number of rotatable bonds is 1. The standard InChI is InChI=1S/C22H17F3N.ClH/c1-14-11-16(18-9-5-6-10-20(18)22(23,24)25)12-19-17-8-4-3-7-15(17)13-26(2)21(14)19;/h3-13H,1-2H3;1H/q+1;/p-1. The molecule has 0 radical (unpaired) electrons. The van der Waals surface area contributed by atoms with E-state index >= 15 is 0 Å². The van der Waals surface area contributed by atoms with Gasteiger partial charge in [-0.15, -0.1) is 0 Å². The SMILES string of the molecule is Cc1cc(-c2ccccc2C(F)(F)F)cc2c3ccccc3c[n+](C)c12.[Cl-]. The number of halogens is 4. The van der Waals surface area contributed by atoms with Crippen molar-refractivity contribution in [3.05, 3.63) is 78.0 Å². The van der Waals surface area contributed by atoms with Gasteiger partial charge in [-0.25, -0.2) is 4.57 Å². The van der Waals surface area contributed by atoms with E-state index in [1.54, 1.807) is 6.07 Å². The first-order valence-electron chi connectivity index (χ1n) is 8.34. The zero-order valence-electron chi connectivity index (χ0n) is 14.8. The lowest BCUT2D eigenvalue weighted by Crippen LogP contribution is -3.00. The Morgan fingerprint density at radius 1 is 0.852 bits per heavy atom. The van der Waals surface area contributed by atoms with Crippen LogP contribution in [0.15, 0.2) is 66.9 Å². The zero-order chi connectivity index (χ0) is 18.5. The summed E-state index contributed by atoms with van der Waals surface area (Å²) in [4.78, 5) is 0. The van der Waals surface area contributed by atoms with Gasteiger partial charge in [0.1, 0.15) is 7.05 Å². The van der Waals surface area contributed by atoms with Gasteiger partial charge in [-0.2, -0.15) is 13.2 Å². The molecule has 0 atom stereocenters. The lowest BCUT2D eigenvalue weighted by Gasteiger charge is -2.14. The molecule has 4 rings (SSSR count). The molecule has 3 aromatic carbocycles. The van der Waals surface area contributed by atoms with E-state index in [1.165, 1.54) is 12.1 Å². The Balaban J connectivity index is 0.00000210. The van der Waals surface area contributed by atoms with Crippen molar-refractivity contribution in [2.24, 2.45) is 7.05 Å². The van der Waals surface area contributed by atoms with Gasteiger partial charge in [0, 0.05) is 16.3 Å². The Morgan fingerprint density at radius 3 is 2.26 bits per heavy atom. The van der Waals surface area contributed by atoms with Crippen LogP contribution in [0.3, 0.4) is 0 Å². The summed E-state index contributed by atoms with van der Waals surface area (Å²) in [7, 11) is 1.96. The van der Waals surface area contributed by atoms with Crippen LogP contribution in [-0.2, 0) is 13.2 Å². The van der Waals surface area contributed by atoms with Crippen molar-refractivity contribution in [1.82, 2.24) is 0 Å². The topological polar surface area (TPSA) is 3.88 Å². The minimum Gasteiger partial charge on any atom is -1.00 e. The second-order valence-corrected chi connectivity index (χ2v) is 6.56. The average molecular weight is 388 g/mol. The lowest BCUT2D eigenvalue weighted by molar-refractivity contribution is -0.643. The molecule has 0 spiro atoms. The van der Waals surface area contributed by atoms with Crippen molar-refractivity contribution >= 4 is 21.7 Å². The van der Waals surface area contributed by atoms with E-state index in [1.807, 2.05) is 61.1 Å². The summed E-state index contributed by atoms with van der Waals surface area (Å²) in [6.45, 7) is 1.94. The van der Waals surface area contributed by atoms with Crippen LogP contribution in [0.2, 0.25) is 0 Å². The lowest BCUT2D eigenvalue weighted by atomic mass is 9.94. The molecule has 0 saturated carbocycles. The van der Waals surface area contributed by atoms with E-state index in [0.717, 1.165) is 33.3 Å². The fourth-order valence-corrected chi connectivity index (χ4v) is 3.72. The number of hydrogen-bond donors (Lipinski definition) is 0. The molecule has 1 heterocycles. The normalized spacial score (nSPS) is 11.6. The molecule has 0 N–H and O–H groups in total. The fraction of sp³-hybridized carbons (Fsp3) is 0.136. The van der Waals surface area contributed by atoms with E-state index in [4.69, 9.17) is 0 Å². The second kappa shape index (κ2) is 6.86. The molecule has 4 aromatic rings. The van der Waals surface area contributed by atoms with E-state index in [0.29, 0.717) is 5.56 Å². The average Bonchev–Trinajstić information content (AvgIpc) is 2.60. The molecule has 0 bridgehead atoms. The molecule has 0 fully saturated rings. The highest BCUT2D eigenvalue weighted by atomic mass is 35.5. The smallest absolute Gasteiger partial charge is 0.417 e. The molecule has 0 aliphatic heterocycles. The number of aromatic nitrogens is 1. The van der Waals surface area contributed by atoms with Gasteiger partial charge in [-0.05, 0) is 42.3 Å². The van der Waals surface area contributed by atoms with Crippen molar-refractivity contribution in [1.29, 1.82) is 0 Å². The summed E-state index contributed by atoms with van der Waals surface area (Å²) >= 11 is 0. The van der Waals surface area contributed by atoms with E-state index in [-0.39, 0.29) is 18.0 Å². The molecule has 27 heavy (non-hydrogen) atoms. The second-order valence-electron chi connectivity index (χ2n) is 6.56. The number of hydrogen-bond acceptors (Lipinski definition) is 0. The van der Waals surface area contributed by atoms with Crippen LogP contribution in [0.5, 0.6) is 0 Å². The van der Waals surface area contributed by atoms with Crippen LogP contribution in [-0.4, -0.2) is 0 Å². The van der Waals surface area contributed by atoms with E-state index < -0.39 is 11.7 Å². The summed E-state index contributed by atoms with van der Waals surface area (Å²) in [6.07, 6.45) is -2.34. The number of alkyl halides is 3. The van der Waals surface area contributed by atoms with Gasteiger partial charge in [-0.1, -0.05) is 36.4 Å². The first kappa shape index (κ1) is 19.2. The summed E-state index contributed by atoms with van der Waals surface area (Å²) in [6, 6.07) is 17.4. The molecule has 1 aromatic heterocycles. The predicted octanol–water partition coefficient (Wildman–Crippen LogP) is 2.82. The van der Waals surface area contributed by atoms with Crippen LogP contribution < -0.4 is 17.0 Å². The third-order valence-electron chi connectivity index (χ3n) is 4.78. The van der Waals surface area contributed by atoms with Crippen LogP contribution >= 0.6 is 0 Å². The number of aryl methyl sites for hydroxylation is 2. The molecule has 0 aliphatic carbocycles. The monoisotopic (exact) mass is 387 g/mol. The van der Waals surface area contributed by atoms with Gasteiger partial charge in [0.2, 0.25) is 5.52 Å². The summed E-state index contributed by atoms with van der Waals surface area (Å²) in [5, 5.41) is 3.05. The highest BCUT2D eigenvalue weighted by molar-refractivity contribution is 6.06. The maximum Gasteiger partial charge on any atom is 0.417 e. The minimum atomic E-state index is -4.39. The molecule has 0 unspecified atom stereocenters. The molecule has 0 amide bonds. The number of nitrogens with zero attached hydrogens (tertiary/aromatic N) is 1. The van der Waals surface area contributed by atoms with Crippen LogP contribution in [0.25, 0.3) is 32.8 Å². The molecule has 5 heteroatoms. The number of benzene rings is 3. The summed E-state index contributed by atoms with van der Waals surface area (Å²) in [5.74, 6) is 0. The van der Waals surface area contributed by atoms with Gasteiger partial charge >= 0.3 is 6.18 Å². The van der Waals surface area contributed by atoms with Crippen molar-refractivity contribution in [2.75, 3.05) is 0 Å². The Kier molecular flexibility index (Phi) is 4.87.